The summed E-state index contributed by atoms with van der Waals surface area (Å²) in [7, 11) is 0. The second-order valence-corrected chi connectivity index (χ2v) is 3.76. The monoisotopic (exact) mass is 206 g/mol. The van der Waals surface area contributed by atoms with Gasteiger partial charge in [-0.05, 0) is 13.0 Å². The van der Waals surface area contributed by atoms with Gasteiger partial charge in [0.25, 0.3) is 0 Å². The predicted molar refractivity (Wildman–Crippen MR) is 57.0 cm³/mol. The van der Waals surface area contributed by atoms with Crippen molar-refractivity contribution >= 4 is 5.97 Å². The second kappa shape index (κ2) is 3.90. The number of allylic oxidation sites excluding steroid dienone is 1. The molecule has 2 unspecified atom stereocenters. The Morgan fingerprint density at radius 3 is 3.07 bits per heavy atom. The summed E-state index contributed by atoms with van der Waals surface area (Å²) in [6.07, 6.45) is 8.40. The van der Waals surface area contributed by atoms with Crippen LogP contribution < -0.4 is 11.1 Å². The Morgan fingerprint density at radius 1 is 1.60 bits per heavy atom. The predicted octanol–water partition coefficient (Wildman–Crippen LogP) is 0.388. The largest absolute Gasteiger partial charge is 0.478 e. The fourth-order valence-electron chi connectivity index (χ4n) is 2.00. The molecule has 4 N–H and O–H groups in total. The van der Waals surface area contributed by atoms with Crippen molar-refractivity contribution in [3.05, 3.63) is 35.6 Å². The van der Waals surface area contributed by atoms with E-state index in [4.69, 9.17) is 10.8 Å². The van der Waals surface area contributed by atoms with Gasteiger partial charge in [0.1, 0.15) is 0 Å². The van der Waals surface area contributed by atoms with Gasteiger partial charge in [0.15, 0.2) is 0 Å². The maximum Gasteiger partial charge on any atom is 0.333 e. The van der Waals surface area contributed by atoms with Crippen molar-refractivity contribution in [3.8, 4) is 0 Å². The normalized spacial score (nSPS) is 27.8. The molecule has 0 saturated carbocycles. The summed E-state index contributed by atoms with van der Waals surface area (Å²) in [5, 5.41) is 12.0. The van der Waals surface area contributed by atoms with E-state index < -0.39 is 5.97 Å². The number of rotatable bonds is 3. The van der Waals surface area contributed by atoms with Crippen molar-refractivity contribution in [1.82, 2.24) is 5.32 Å². The zero-order valence-electron chi connectivity index (χ0n) is 8.31. The summed E-state index contributed by atoms with van der Waals surface area (Å²) in [6, 6.07) is 0.0950. The van der Waals surface area contributed by atoms with Gasteiger partial charge in [0, 0.05) is 12.1 Å². The molecule has 0 aromatic heterocycles. The Labute approximate surface area is 88.2 Å². The molecule has 4 nitrogen and oxygen atoms in total. The highest BCUT2D eigenvalue weighted by Gasteiger charge is 2.31. The number of carboxylic acid groups (broad SMARTS) is 1. The van der Waals surface area contributed by atoms with Crippen molar-refractivity contribution in [1.29, 1.82) is 0 Å². The Morgan fingerprint density at radius 2 is 2.40 bits per heavy atom. The van der Waals surface area contributed by atoms with Crippen LogP contribution in [0.2, 0.25) is 0 Å². The standard InChI is InChI=1S/C11H14N2O2/c12-4-3-7-1-2-10-8(5-7)9(6-13-10)11(14)15/h1-2,5-6,8,10,13H,3-4,12H2,(H,14,15). The number of nitrogens with one attached hydrogen (secondary N) is 1. The lowest BCUT2D eigenvalue weighted by Crippen LogP contribution is -2.27. The van der Waals surface area contributed by atoms with Crippen LogP contribution in [0.3, 0.4) is 0 Å². The minimum Gasteiger partial charge on any atom is -0.478 e. The summed E-state index contributed by atoms with van der Waals surface area (Å²) < 4.78 is 0. The fraction of sp³-hybridized carbons (Fsp3) is 0.364. The van der Waals surface area contributed by atoms with E-state index >= 15 is 0 Å². The Hall–Kier alpha value is -1.55. The summed E-state index contributed by atoms with van der Waals surface area (Å²) in [4.78, 5) is 10.9. The smallest absolute Gasteiger partial charge is 0.333 e. The zero-order chi connectivity index (χ0) is 10.8. The van der Waals surface area contributed by atoms with E-state index in [1.54, 1.807) is 6.20 Å². The van der Waals surface area contributed by atoms with E-state index in [2.05, 4.69) is 5.32 Å². The van der Waals surface area contributed by atoms with Gasteiger partial charge in [0.05, 0.1) is 11.6 Å². The molecule has 0 aromatic rings. The maximum atomic E-state index is 10.9. The number of nitrogens with two attached hydrogens (primary N) is 1. The third-order valence-electron chi connectivity index (χ3n) is 2.77. The maximum absolute atomic E-state index is 10.9. The Bertz CT molecular complexity index is 369. The molecule has 4 heteroatoms. The Balaban J connectivity index is 2.19. The number of carboxylic acids is 1. The molecule has 0 fully saturated rings. The molecule has 15 heavy (non-hydrogen) atoms. The fourth-order valence-corrected chi connectivity index (χ4v) is 2.00. The van der Waals surface area contributed by atoms with Gasteiger partial charge >= 0.3 is 5.97 Å². The molecule has 0 amide bonds. The molecular weight excluding hydrogens is 192 g/mol. The number of hydrogen-bond acceptors (Lipinski definition) is 3. The minimum absolute atomic E-state index is 0.0472. The summed E-state index contributed by atoms with van der Waals surface area (Å²) in [5.41, 5.74) is 7.02. The number of hydrogen-bond donors (Lipinski definition) is 3. The molecule has 1 aliphatic carbocycles. The molecule has 0 radical (unpaired) electrons. The molecule has 0 aromatic carbocycles. The van der Waals surface area contributed by atoms with Crippen LogP contribution in [-0.4, -0.2) is 23.7 Å². The first-order valence-corrected chi connectivity index (χ1v) is 5.00. The van der Waals surface area contributed by atoms with Crippen molar-refractivity contribution < 1.29 is 9.90 Å². The first-order valence-electron chi connectivity index (χ1n) is 5.00. The molecule has 80 valence electrons. The molecule has 1 heterocycles. The second-order valence-electron chi connectivity index (χ2n) is 3.76. The average molecular weight is 206 g/mol. The van der Waals surface area contributed by atoms with Crippen molar-refractivity contribution in [3.63, 3.8) is 0 Å². The highest BCUT2D eigenvalue weighted by molar-refractivity contribution is 5.88. The van der Waals surface area contributed by atoms with Crippen LogP contribution in [0.4, 0.5) is 0 Å². The quantitative estimate of drug-likeness (QED) is 0.624. The highest BCUT2D eigenvalue weighted by Crippen LogP contribution is 2.29. The average Bonchev–Trinajstić information content (AvgIpc) is 2.61. The van der Waals surface area contributed by atoms with Crippen molar-refractivity contribution in [2.45, 2.75) is 12.5 Å². The van der Waals surface area contributed by atoms with Gasteiger partial charge in [-0.15, -0.1) is 0 Å². The van der Waals surface area contributed by atoms with E-state index in [0.717, 1.165) is 12.0 Å². The molecule has 1 aliphatic heterocycles. The van der Waals surface area contributed by atoms with E-state index in [0.29, 0.717) is 12.1 Å². The van der Waals surface area contributed by atoms with Gasteiger partial charge in [-0.2, -0.15) is 0 Å². The third kappa shape index (κ3) is 1.80. The lowest BCUT2D eigenvalue weighted by Gasteiger charge is -2.20. The number of carbonyl (C=O) groups is 1. The molecular formula is C11H14N2O2. The first-order chi connectivity index (χ1) is 7.22. The van der Waals surface area contributed by atoms with E-state index in [-0.39, 0.29) is 12.0 Å². The number of aliphatic carboxylic acids is 1. The summed E-state index contributed by atoms with van der Waals surface area (Å²) in [5.74, 6) is -0.900. The Kier molecular flexibility index (Phi) is 2.60. The van der Waals surface area contributed by atoms with Crippen molar-refractivity contribution in [2.75, 3.05) is 6.54 Å². The van der Waals surface area contributed by atoms with Crippen LogP contribution in [-0.2, 0) is 4.79 Å². The molecule has 2 aliphatic rings. The third-order valence-corrected chi connectivity index (χ3v) is 2.77. The summed E-state index contributed by atoms with van der Waals surface area (Å²) >= 11 is 0. The first kappa shape index (κ1) is 9.98. The van der Waals surface area contributed by atoms with Gasteiger partial charge < -0.3 is 16.2 Å². The van der Waals surface area contributed by atoms with Crippen molar-refractivity contribution in [2.24, 2.45) is 11.7 Å². The van der Waals surface area contributed by atoms with Crippen LogP contribution in [0.25, 0.3) is 0 Å². The van der Waals surface area contributed by atoms with Gasteiger partial charge in [0.2, 0.25) is 0 Å². The van der Waals surface area contributed by atoms with Crippen LogP contribution in [0, 0.1) is 5.92 Å². The van der Waals surface area contributed by atoms with Gasteiger partial charge in [-0.25, -0.2) is 4.79 Å². The van der Waals surface area contributed by atoms with Crippen LogP contribution in [0.15, 0.2) is 35.6 Å². The molecule has 2 rings (SSSR count). The summed E-state index contributed by atoms with van der Waals surface area (Å²) in [6.45, 7) is 0.590. The topological polar surface area (TPSA) is 75.4 Å². The zero-order valence-corrected chi connectivity index (χ0v) is 8.31. The van der Waals surface area contributed by atoms with E-state index in [1.165, 1.54) is 0 Å². The van der Waals surface area contributed by atoms with Gasteiger partial charge in [-0.1, -0.05) is 23.8 Å². The molecule has 2 atom stereocenters. The van der Waals surface area contributed by atoms with E-state index in [1.807, 2.05) is 18.2 Å². The van der Waals surface area contributed by atoms with Gasteiger partial charge in [-0.3, -0.25) is 0 Å². The minimum atomic E-state index is -0.853. The van der Waals surface area contributed by atoms with Crippen LogP contribution in [0.1, 0.15) is 6.42 Å². The lowest BCUT2D eigenvalue weighted by molar-refractivity contribution is -0.133. The molecule has 0 spiro atoms. The van der Waals surface area contributed by atoms with E-state index in [9.17, 15) is 4.79 Å². The molecule has 0 bridgehead atoms. The van der Waals surface area contributed by atoms with Crippen LogP contribution >= 0.6 is 0 Å². The van der Waals surface area contributed by atoms with Crippen LogP contribution in [0.5, 0.6) is 0 Å². The lowest BCUT2D eigenvalue weighted by atomic mass is 9.87. The SMILES string of the molecule is NCCC1=CC2C(C(=O)O)=CNC2C=C1. The molecule has 0 saturated heterocycles. The highest BCUT2D eigenvalue weighted by atomic mass is 16.4. The number of fused-ring (bicyclic) bond motifs is 1.